The maximum atomic E-state index is 12.6. The molecule has 6 unspecified atom stereocenters. The predicted molar refractivity (Wildman–Crippen MR) is 159 cm³/mol. The molecule has 228 valence electrons. The molecule has 6 rings (SSSR count). The first-order valence-corrected chi connectivity index (χ1v) is 15.7. The molecule has 0 aromatic heterocycles. The third-order valence-electron chi connectivity index (χ3n) is 10.4. The minimum absolute atomic E-state index is 0.0764. The second-order valence-corrected chi connectivity index (χ2v) is 12.8. The van der Waals surface area contributed by atoms with Gasteiger partial charge in [0.15, 0.2) is 17.9 Å². The molecule has 4 fully saturated rings. The lowest BCUT2D eigenvalue weighted by Crippen LogP contribution is -2.73. The van der Waals surface area contributed by atoms with Gasteiger partial charge in [-0.05, 0) is 69.8 Å². The van der Waals surface area contributed by atoms with Crippen LogP contribution in [0.4, 0.5) is 0 Å². The Morgan fingerprint density at radius 2 is 2.12 bits per heavy atom. The Morgan fingerprint density at radius 3 is 2.88 bits per heavy atom. The molecular weight excluding hydrogens is 532 g/mol. The highest BCUT2D eigenvalue weighted by Gasteiger charge is 2.51. The highest BCUT2D eigenvalue weighted by molar-refractivity contribution is 5.87. The third-order valence-corrected chi connectivity index (χ3v) is 10.4. The van der Waals surface area contributed by atoms with Crippen LogP contribution in [0.25, 0.3) is 0 Å². The number of hydrogen-bond acceptors (Lipinski definition) is 9. The number of likely N-dealkylation sites (tertiary alicyclic amines) is 1. The van der Waals surface area contributed by atoms with Crippen LogP contribution in [0.15, 0.2) is 30.9 Å². The zero-order valence-corrected chi connectivity index (χ0v) is 25.1. The number of aryl methyl sites for hydroxylation is 1. The van der Waals surface area contributed by atoms with Crippen molar-refractivity contribution >= 4 is 5.91 Å². The highest BCUT2D eigenvalue weighted by atomic mass is 16.5. The van der Waals surface area contributed by atoms with Gasteiger partial charge in [-0.15, -0.1) is 0 Å². The summed E-state index contributed by atoms with van der Waals surface area (Å²) >= 11 is 0. The molecule has 1 amide bonds. The fourth-order valence-corrected chi connectivity index (χ4v) is 8.04. The van der Waals surface area contributed by atoms with Crippen LogP contribution in [-0.2, 0) is 16.0 Å². The number of methoxy groups -OCH3 is 1. The van der Waals surface area contributed by atoms with Gasteiger partial charge in [0, 0.05) is 44.1 Å². The number of amides is 1. The first-order chi connectivity index (χ1) is 20.4. The van der Waals surface area contributed by atoms with E-state index in [0.717, 1.165) is 63.1 Å². The largest absolute Gasteiger partial charge is 0.493 e. The number of carbonyl (C=O) groups excluding carboxylic acids is 1. The van der Waals surface area contributed by atoms with Crippen LogP contribution in [0.5, 0.6) is 11.5 Å². The average Bonchev–Trinajstić information content (AvgIpc) is 3.43. The van der Waals surface area contributed by atoms with Crippen molar-refractivity contribution in [1.82, 2.24) is 25.3 Å². The maximum Gasteiger partial charge on any atom is 0.246 e. The Labute approximate surface area is 249 Å². The summed E-state index contributed by atoms with van der Waals surface area (Å²) in [7, 11) is 3.89. The van der Waals surface area contributed by atoms with Gasteiger partial charge in [0.1, 0.15) is 5.60 Å². The van der Waals surface area contributed by atoms with Crippen molar-refractivity contribution in [3.8, 4) is 17.6 Å². The molecular formula is C32H46N6O4. The first kappa shape index (κ1) is 29.4. The Hall–Kier alpha value is -2.68. The number of nitrogens with zero attached hydrogens (tertiary/aromatic N) is 4. The number of fused-ring (bicyclic) bond motifs is 2. The summed E-state index contributed by atoms with van der Waals surface area (Å²) in [6, 6.07) is 8.96. The van der Waals surface area contributed by atoms with Crippen molar-refractivity contribution in [3.05, 3.63) is 36.4 Å². The van der Waals surface area contributed by atoms with Crippen LogP contribution >= 0.6 is 0 Å². The number of ether oxygens (including phenoxy) is 3. The lowest BCUT2D eigenvalue weighted by molar-refractivity contribution is -0.139. The molecule has 1 aliphatic carbocycles. The Kier molecular flexibility index (Phi) is 8.75. The third kappa shape index (κ3) is 5.78. The Morgan fingerprint density at radius 1 is 1.24 bits per heavy atom. The van der Waals surface area contributed by atoms with Crippen molar-refractivity contribution in [2.75, 3.05) is 46.9 Å². The van der Waals surface area contributed by atoms with E-state index < -0.39 is 0 Å². The van der Waals surface area contributed by atoms with Crippen molar-refractivity contribution in [2.24, 2.45) is 5.92 Å². The number of nitriles is 1. The van der Waals surface area contributed by atoms with Crippen LogP contribution in [-0.4, -0.2) is 104 Å². The molecule has 7 atom stereocenters. The molecule has 4 heterocycles. The van der Waals surface area contributed by atoms with Crippen LogP contribution in [0.1, 0.15) is 50.5 Å². The molecule has 1 aromatic rings. The molecule has 0 bridgehead atoms. The predicted octanol–water partition coefficient (Wildman–Crippen LogP) is 2.45. The molecule has 3 saturated heterocycles. The zero-order chi connectivity index (χ0) is 29.3. The number of hydrogen-bond donors (Lipinski definition) is 2. The van der Waals surface area contributed by atoms with E-state index in [0.29, 0.717) is 38.1 Å². The van der Waals surface area contributed by atoms with E-state index in [1.54, 1.807) is 7.11 Å². The van der Waals surface area contributed by atoms with Crippen molar-refractivity contribution in [3.63, 3.8) is 0 Å². The second kappa shape index (κ2) is 12.5. The number of rotatable bonds is 7. The van der Waals surface area contributed by atoms with Crippen LogP contribution in [0.3, 0.4) is 0 Å². The molecule has 1 spiro atoms. The minimum atomic E-state index is -0.284. The van der Waals surface area contributed by atoms with E-state index >= 15 is 0 Å². The van der Waals surface area contributed by atoms with Crippen LogP contribution < -0.4 is 20.1 Å². The molecule has 42 heavy (non-hydrogen) atoms. The van der Waals surface area contributed by atoms with Gasteiger partial charge in [-0.25, -0.2) is 0 Å². The smallest absolute Gasteiger partial charge is 0.246 e. The Balaban J connectivity index is 1.22. The summed E-state index contributed by atoms with van der Waals surface area (Å²) in [6.07, 6.45) is 8.67. The second-order valence-electron chi connectivity index (χ2n) is 12.8. The molecule has 10 nitrogen and oxygen atoms in total. The normalized spacial score (nSPS) is 35.1. The summed E-state index contributed by atoms with van der Waals surface area (Å²) in [5, 5.41) is 17.2. The van der Waals surface area contributed by atoms with Gasteiger partial charge in [0.05, 0.1) is 38.4 Å². The van der Waals surface area contributed by atoms with Gasteiger partial charge in [-0.3, -0.25) is 20.3 Å². The number of benzene rings is 1. The summed E-state index contributed by atoms with van der Waals surface area (Å²) in [5.41, 5.74) is 0.974. The molecule has 0 radical (unpaired) electrons. The summed E-state index contributed by atoms with van der Waals surface area (Å²) in [6.45, 7) is 7.45. The molecule has 5 aliphatic rings. The van der Waals surface area contributed by atoms with E-state index in [9.17, 15) is 10.1 Å². The molecule has 10 heteroatoms. The van der Waals surface area contributed by atoms with Crippen molar-refractivity contribution in [2.45, 2.75) is 87.6 Å². The molecule has 1 saturated carbocycles. The monoisotopic (exact) mass is 578 g/mol. The van der Waals surface area contributed by atoms with E-state index in [1.165, 1.54) is 18.1 Å². The maximum absolute atomic E-state index is 12.6. The van der Waals surface area contributed by atoms with Crippen molar-refractivity contribution in [1.29, 1.82) is 5.26 Å². The SMILES string of the molecule is C=CC(=O)N1CCN(C2NC(OCC3CCCN3C)NC3C[C@]4(CCc5cccc(OC)c5O4)CCC32)CC1CC#N. The zero-order valence-electron chi connectivity index (χ0n) is 25.1. The Bertz CT molecular complexity index is 1180. The van der Waals surface area contributed by atoms with E-state index in [-0.39, 0.29) is 36.1 Å². The first-order valence-electron chi connectivity index (χ1n) is 15.7. The highest BCUT2D eigenvalue weighted by Crippen LogP contribution is 2.48. The lowest BCUT2D eigenvalue weighted by Gasteiger charge is -2.56. The number of para-hydroxylation sites is 1. The van der Waals surface area contributed by atoms with E-state index in [1.807, 2.05) is 17.0 Å². The minimum Gasteiger partial charge on any atom is -0.493 e. The van der Waals surface area contributed by atoms with Gasteiger partial charge in [-0.1, -0.05) is 18.7 Å². The number of likely N-dealkylation sites (N-methyl/N-ethyl adjacent to an activating group) is 1. The number of piperazine rings is 1. The fraction of sp³-hybridized carbons (Fsp3) is 0.688. The number of carbonyl (C=O) groups is 1. The molecule has 2 N–H and O–H groups in total. The standard InChI is InChI=1S/C32H46N6O4/c1-4-28(39)38-18-17-37(20-23(38)12-15-33)30-25-11-14-32(13-10-22-7-5-9-27(40-3)29(22)42-32)19-26(25)34-31(35-30)41-21-24-8-6-16-36(24)2/h4-5,7,9,23-26,30-31,34-35H,1,6,8,10-14,16-21H2,2-3H3/t23?,24?,25?,26?,30?,31?,32-/m0/s1. The van der Waals surface area contributed by atoms with Crippen LogP contribution in [0.2, 0.25) is 0 Å². The summed E-state index contributed by atoms with van der Waals surface area (Å²) in [4.78, 5) is 19.2. The van der Waals surface area contributed by atoms with E-state index in [4.69, 9.17) is 14.2 Å². The van der Waals surface area contributed by atoms with Crippen molar-refractivity contribution < 1.29 is 19.0 Å². The fourth-order valence-electron chi connectivity index (χ4n) is 8.04. The summed E-state index contributed by atoms with van der Waals surface area (Å²) in [5.74, 6) is 1.95. The molecule has 1 aromatic carbocycles. The van der Waals surface area contributed by atoms with Gasteiger partial charge >= 0.3 is 0 Å². The van der Waals surface area contributed by atoms with Gasteiger partial charge in [0.25, 0.3) is 0 Å². The van der Waals surface area contributed by atoms with Crippen LogP contribution in [0, 0.1) is 17.2 Å². The lowest BCUT2D eigenvalue weighted by atomic mass is 9.70. The number of nitrogens with one attached hydrogen (secondary N) is 2. The van der Waals surface area contributed by atoms with Gasteiger partial charge in [-0.2, -0.15) is 5.26 Å². The van der Waals surface area contributed by atoms with Gasteiger partial charge in [0.2, 0.25) is 5.91 Å². The van der Waals surface area contributed by atoms with Gasteiger partial charge < -0.3 is 24.0 Å². The topological polar surface area (TPSA) is 102 Å². The quantitative estimate of drug-likeness (QED) is 0.473. The molecule has 4 aliphatic heterocycles. The average molecular weight is 579 g/mol. The van der Waals surface area contributed by atoms with E-state index in [2.05, 4.69) is 46.2 Å². The summed E-state index contributed by atoms with van der Waals surface area (Å²) < 4.78 is 19.1.